The van der Waals surface area contributed by atoms with E-state index in [1.807, 2.05) is 0 Å². The van der Waals surface area contributed by atoms with Crippen molar-refractivity contribution in [2.75, 3.05) is 6.54 Å². The second kappa shape index (κ2) is 4.10. The summed E-state index contributed by atoms with van der Waals surface area (Å²) in [5.41, 5.74) is 3.95. The SMILES string of the molecule is NCC(F)(F)C(F)(F)C(F)(F)C(F)(F)C(F)(F)F. The lowest BCUT2D eigenvalue weighted by molar-refractivity contribution is -0.420. The van der Waals surface area contributed by atoms with Crippen molar-refractivity contribution in [2.24, 2.45) is 5.73 Å². The van der Waals surface area contributed by atoms with E-state index >= 15 is 0 Å². The van der Waals surface area contributed by atoms with Crippen molar-refractivity contribution >= 4 is 0 Å². The average Bonchev–Trinajstić information content (AvgIpc) is 2.15. The monoisotopic (exact) mass is 299 g/mol. The number of nitrogens with two attached hydrogens (primary N) is 1. The van der Waals surface area contributed by atoms with Gasteiger partial charge in [0.05, 0.1) is 6.54 Å². The van der Waals surface area contributed by atoms with Gasteiger partial charge in [-0.15, -0.1) is 0 Å². The van der Waals surface area contributed by atoms with Gasteiger partial charge in [-0.25, -0.2) is 0 Å². The van der Waals surface area contributed by atoms with E-state index in [4.69, 9.17) is 0 Å². The molecule has 2 N–H and O–H groups in total. The fraction of sp³-hybridized carbons (Fsp3) is 1.00. The number of halogens is 11. The van der Waals surface area contributed by atoms with Gasteiger partial charge in [0.2, 0.25) is 0 Å². The summed E-state index contributed by atoms with van der Waals surface area (Å²) < 4.78 is 133. The van der Waals surface area contributed by atoms with E-state index in [1.54, 1.807) is 0 Å². The summed E-state index contributed by atoms with van der Waals surface area (Å²) in [6, 6.07) is 0. The predicted octanol–water partition coefficient (Wildman–Crippen LogP) is 3.05. The van der Waals surface area contributed by atoms with Crippen LogP contribution in [0.5, 0.6) is 0 Å². The zero-order chi connectivity index (χ0) is 15.2. The Hall–Kier alpha value is -0.810. The third-order valence-corrected chi connectivity index (χ3v) is 1.86. The zero-order valence-corrected chi connectivity index (χ0v) is 7.94. The minimum absolute atomic E-state index is 2.54. The van der Waals surface area contributed by atoms with Gasteiger partial charge in [-0.3, -0.25) is 0 Å². The number of hydrogen-bond acceptors (Lipinski definition) is 1. The standard InChI is InChI=1S/C6H4F11N/c7-2(8,1-18)3(9,10)4(11,12)5(13,14)6(15,16)17/h1,18H2. The van der Waals surface area contributed by atoms with Crippen molar-refractivity contribution in [3.63, 3.8) is 0 Å². The van der Waals surface area contributed by atoms with Crippen LogP contribution < -0.4 is 5.73 Å². The van der Waals surface area contributed by atoms with E-state index in [0.717, 1.165) is 0 Å². The van der Waals surface area contributed by atoms with Crippen LogP contribution in [0, 0.1) is 0 Å². The molecule has 0 aromatic heterocycles. The van der Waals surface area contributed by atoms with Crippen LogP contribution in [0.1, 0.15) is 0 Å². The van der Waals surface area contributed by atoms with Crippen LogP contribution in [0.4, 0.5) is 48.3 Å². The Bertz CT molecular complexity index is 303. The summed E-state index contributed by atoms with van der Waals surface area (Å²) in [7, 11) is 0. The van der Waals surface area contributed by atoms with Crippen molar-refractivity contribution in [2.45, 2.75) is 29.9 Å². The Morgan fingerprint density at radius 1 is 0.556 bits per heavy atom. The molecule has 0 fully saturated rings. The molecule has 110 valence electrons. The second-order valence-electron chi connectivity index (χ2n) is 3.13. The average molecular weight is 299 g/mol. The Morgan fingerprint density at radius 3 is 1.11 bits per heavy atom. The molecule has 1 nitrogen and oxygen atoms in total. The molecular formula is C6H4F11N. The van der Waals surface area contributed by atoms with Crippen LogP contribution in [0.3, 0.4) is 0 Å². The van der Waals surface area contributed by atoms with Crippen molar-refractivity contribution in [3.8, 4) is 0 Å². The van der Waals surface area contributed by atoms with Crippen LogP contribution >= 0.6 is 0 Å². The Morgan fingerprint density at radius 2 is 0.889 bits per heavy atom. The highest BCUT2D eigenvalue weighted by Gasteiger charge is 2.86. The van der Waals surface area contributed by atoms with Gasteiger partial charge in [0, 0.05) is 0 Å². The van der Waals surface area contributed by atoms with Gasteiger partial charge in [-0.1, -0.05) is 0 Å². The molecule has 0 rings (SSSR count). The molecule has 0 saturated carbocycles. The number of hydrogen-bond donors (Lipinski definition) is 1. The quantitative estimate of drug-likeness (QED) is 0.793. The third kappa shape index (κ3) is 2.10. The van der Waals surface area contributed by atoms with E-state index in [0.29, 0.717) is 0 Å². The molecule has 0 aliphatic carbocycles. The van der Waals surface area contributed by atoms with Gasteiger partial charge in [-0.05, 0) is 0 Å². The van der Waals surface area contributed by atoms with E-state index in [9.17, 15) is 48.3 Å². The van der Waals surface area contributed by atoms with E-state index < -0.39 is 36.4 Å². The highest BCUT2D eigenvalue weighted by Crippen LogP contribution is 2.56. The zero-order valence-electron chi connectivity index (χ0n) is 7.94. The van der Waals surface area contributed by atoms with Gasteiger partial charge in [0.1, 0.15) is 0 Å². The first kappa shape index (κ1) is 17.2. The van der Waals surface area contributed by atoms with E-state index in [-0.39, 0.29) is 0 Å². The van der Waals surface area contributed by atoms with Gasteiger partial charge in [-0.2, -0.15) is 48.3 Å². The molecule has 0 atom stereocenters. The minimum Gasteiger partial charge on any atom is -0.325 e. The molecule has 0 spiro atoms. The minimum atomic E-state index is -7.36. The first-order chi connectivity index (χ1) is 7.56. The number of alkyl halides is 11. The summed E-state index contributed by atoms with van der Waals surface area (Å²) >= 11 is 0. The first-order valence-electron chi connectivity index (χ1n) is 3.84. The van der Waals surface area contributed by atoms with Crippen molar-refractivity contribution in [3.05, 3.63) is 0 Å². The summed E-state index contributed by atoms with van der Waals surface area (Å²) in [6.45, 7) is -2.54. The van der Waals surface area contributed by atoms with Crippen molar-refractivity contribution in [1.29, 1.82) is 0 Å². The fourth-order valence-electron chi connectivity index (χ4n) is 0.733. The first-order valence-corrected chi connectivity index (χ1v) is 3.84. The molecule has 12 heteroatoms. The molecule has 0 amide bonds. The molecule has 0 radical (unpaired) electrons. The van der Waals surface area contributed by atoms with Crippen LogP contribution in [0.2, 0.25) is 0 Å². The van der Waals surface area contributed by atoms with Gasteiger partial charge in [0.25, 0.3) is 0 Å². The lowest BCUT2D eigenvalue weighted by Crippen LogP contribution is -2.67. The van der Waals surface area contributed by atoms with Crippen LogP contribution in [-0.4, -0.2) is 36.4 Å². The molecule has 0 aliphatic heterocycles. The molecular weight excluding hydrogens is 295 g/mol. The third-order valence-electron chi connectivity index (χ3n) is 1.86. The second-order valence-corrected chi connectivity index (χ2v) is 3.13. The molecule has 0 saturated heterocycles. The Kier molecular flexibility index (Phi) is 3.91. The molecule has 0 aromatic carbocycles. The lowest BCUT2D eigenvalue weighted by atomic mass is 9.98. The smallest absolute Gasteiger partial charge is 0.325 e. The van der Waals surface area contributed by atoms with E-state index in [2.05, 4.69) is 5.73 Å². The predicted molar refractivity (Wildman–Crippen MR) is 34.9 cm³/mol. The molecule has 18 heavy (non-hydrogen) atoms. The van der Waals surface area contributed by atoms with Crippen LogP contribution in [0.25, 0.3) is 0 Å². The van der Waals surface area contributed by atoms with Crippen molar-refractivity contribution in [1.82, 2.24) is 0 Å². The summed E-state index contributed by atoms with van der Waals surface area (Å²) in [6.07, 6.45) is -7.13. The molecule has 0 heterocycles. The Balaban J connectivity index is 5.80. The highest BCUT2D eigenvalue weighted by atomic mass is 19.4. The van der Waals surface area contributed by atoms with Gasteiger partial charge < -0.3 is 5.73 Å². The molecule has 0 unspecified atom stereocenters. The normalized spacial score (nSPS) is 16.0. The maximum absolute atomic E-state index is 12.4. The van der Waals surface area contributed by atoms with Crippen LogP contribution in [0.15, 0.2) is 0 Å². The molecule has 0 aliphatic rings. The van der Waals surface area contributed by atoms with Crippen molar-refractivity contribution < 1.29 is 48.3 Å². The lowest BCUT2D eigenvalue weighted by Gasteiger charge is -2.36. The van der Waals surface area contributed by atoms with Crippen LogP contribution in [-0.2, 0) is 0 Å². The topological polar surface area (TPSA) is 26.0 Å². The summed E-state index contributed by atoms with van der Waals surface area (Å²) in [5, 5.41) is 0. The maximum Gasteiger partial charge on any atom is 0.460 e. The summed E-state index contributed by atoms with van der Waals surface area (Å²) in [4.78, 5) is 0. The highest BCUT2D eigenvalue weighted by molar-refractivity contribution is 5.06. The van der Waals surface area contributed by atoms with E-state index in [1.165, 1.54) is 0 Å². The van der Waals surface area contributed by atoms with Gasteiger partial charge in [0.15, 0.2) is 0 Å². The Labute approximate surface area is 91.7 Å². The fourth-order valence-corrected chi connectivity index (χ4v) is 0.733. The largest absolute Gasteiger partial charge is 0.460 e. The maximum atomic E-state index is 12.4. The molecule has 0 aromatic rings. The molecule has 0 bridgehead atoms. The van der Waals surface area contributed by atoms with Gasteiger partial charge >= 0.3 is 29.9 Å². The summed E-state index contributed by atoms with van der Waals surface area (Å²) in [5.74, 6) is -27.6. The number of rotatable bonds is 4.